The second-order valence-electron chi connectivity index (χ2n) is 5.71. The first kappa shape index (κ1) is 16.9. The lowest BCUT2D eigenvalue weighted by Crippen LogP contribution is -2.24. The van der Waals surface area contributed by atoms with Crippen molar-refractivity contribution in [2.75, 3.05) is 5.32 Å². The van der Waals surface area contributed by atoms with Crippen LogP contribution in [-0.4, -0.2) is 30.9 Å². The van der Waals surface area contributed by atoms with Crippen LogP contribution >= 0.6 is 23.4 Å². The van der Waals surface area contributed by atoms with E-state index in [4.69, 9.17) is 11.6 Å². The molecule has 0 radical (unpaired) electrons. The quantitative estimate of drug-likeness (QED) is 0.669. The van der Waals surface area contributed by atoms with Gasteiger partial charge in [0.2, 0.25) is 5.91 Å². The molecule has 0 unspecified atom stereocenters. The fraction of sp³-hybridized carbons (Fsp3) is 0.312. The summed E-state index contributed by atoms with van der Waals surface area (Å²) >= 11 is 7.34. The van der Waals surface area contributed by atoms with Gasteiger partial charge in [-0.05, 0) is 39.0 Å². The zero-order valence-electron chi connectivity index (χ0n) is 13.6. The molecule has 0 aliphatic heterocycles. The summed E-state index contributed by atoms with van der Waals surface area (Å²) in [5, 5.41) is 8.15. The molecular weight excluding hydrogens is 346 g/mol. The number of benzene rings is 1. The summed E-state index contributed by atoms with van der Waals surface area (Å²) in [6.07, 6.45) is 1.68. The van der Waals surface area contributed by atoms with Gasteiger partial charge in [-0.3, -0.25) is 4.79 Å². The van der Waals surface area contributed by atoms with E-state index >= 15 is 0 Å². The lowest BCUT2D eigenvalue weighted by Gasteiger charge is -2.14. The van der Waals surface area contributed by atoms with Crippen LogP contribution in [0.25, 0.3) is 11.0 Å². The van der Waals surface area contributed by atoms with E-state index in [1.165, 1.54) is 11.8 Å². The number of imidazole rings is 1. The number of aromatic amines is 1. The van der Waals surface area contributed by atoms with Gasteiger partial charge in [-0.25, -0.2) is 9.67 Å². The Balaban J connectivity index is 1.70. The van der Waals surface area contributed by atoms with Crippen LogP contribution in [0.4, 0.5) is 5.82 Å². The number of nitrogens with one attached hydrogen (secondary N) is 2. The number of halogens is 1. The molecule has 8 heteroatoms. The third-order valence-electron chi connectivity index (χ3n) is 3.49. The van der Waals surface area contributed by atoms with Crippen molar-refractivity contribution in [3.63, 3.8) is 0 Å². The minimum Gasteiger partial charge on any atom is -0.333 e. The Morgan fingerprint density at radius 3 is 2.88 bits per heavy atom. The third-order valence-corrected chi connectivity index (χ3v) is 4.71. The Kier molecular flexibility index (Phi) is 4.82. The Morgan fingerprint density at radius 2 is 2.12 bits per heavy atom. The Labute approximate surface area is 149 Å². The SMILES string of the molecule is CC(C)n1nccc1NC(=O)[C@@H](C)Sc1nc2ccc(Cl)cc2[nH]1. The lowest BCUT2D eigenvalue weighted by molar-refractivity contribution is -0.115. The Hall–Kier alpha value is -1.99. The molecule has 2 aromatic heterocycles. The number of carbonyl (C=O) groups excluding carboxylic acids is 1. The molecule has 0 spiro atoms. The van der Waals surface area contributed by atoms with Crippen LogP contribution < -0.4 is 5.32 Å². The molecular formula is C16H18ClN5OS. The monoisotopic (exact) mass is 363 g/mol. The zero-order valence-corrected chi connectivity index (χ0v) is 15.1. The van der Waals surface area contributed by atoms with Crippen LogP contribution in [0.15, 0.2) is 35.6 Å². The zero-order chi connectivity index (χ0) is 17.3. The number of thioether (sulfide) groups is 1. The smallest absolute Gasteiger partial charge is 0.238 e. The van der Waals surface area contributed by atoms with Gasteiger partial charge in [-0.1, -0.05) is 23.4 Å². The highest BCUT2D eigenvalue weighted by molar-refractivity contribution is 8.00. The predicted octanol–water partition coefficient (Wildman–Crippen LogP) is 4.11. The van der Waals surface area contributed by atoms with Crippen molar-refractivity contribution >= 4 is 46.1 Å². The van der Waals surface area contributed by atoms with E-state index < -0.39 is 0 Å². The van der Waals surface area contributed by atoms with Gasteiger partial charge in [0.15, 0.2) is 5.16 Å². The van der Waals surface area contributed by atoms with Gasteiger partial charge in [-0.2, -0.15) is 5.10 Å². The van der Waals surface area contributed by atoms with Gasteiger partial charge in [0, 0.05) is 17.1 Å². The summed E-state index contributed by atoms with van der Waals surface area (Å²) < 4.78 is 1.78. The molecule has 0 aliphatic rings. The Bertz CT molecular complexity index is 872. The molecule has 126 valence electrons. The molecule has 1 aromatic carbocycles. The Morgan fingerprint density at radius 1 is 1.33 bits per heavy atom. The molecule has 0 fully saturated rings. The van der Waals surface area contributed by atoms with E-state index in [9.17, 15) is 4.79 Å². The van der Waals surface area contributed by atoms with Crippen LogP contribution in [0.2, 0.25) is 5.02 Å². The number of hydrogen-bond acceptors (Lipinski definition) is 4. The minimum atomic E-state index is -0.309. The van der Waals surface area contributed by atoms with Crippen LogP contribution in [0.5, 0.6) is 0 Å². The molecule has 6 nitrogen and oxygen atoms in total. The number of anilines is 1. The fourth-order valence-electron chi connectivity index (χ4n) is 2.29. The summed E-state index contributed by atoms with van der Waals surface area (Å²) in [5.41, 5.74) is 1.68. The first-order valence-corrected chi connectivity index (χ1v) is 8.86. The van der Waals surface area contributed by atoms with Crippen LogP contribution in [-0.2, 0) is 4.79 Å². The van der Waals surface area contributed by atoms with Crippen LogP contribution in [0.1, 0.15) is 26.8 Å². The van der Waals surface area contributed by atoms with E-state index in [1.807, 2.05) is 32.9 Å². The first-order valence-electron chi connectivity index (χ1n) is 7.60. The number of aromatic nitrogens is 4. The van der Waals surface area contributed by atoms with Crippen molar-refractivity contribution in [3.05, 3.63) is 35.5 Å². The van der Waals surface area contributed by atoms with Gasteiger partial charge in [-0.15, -0.1) is 0 Å². The molecule has 0 saturated carbocycles. The summed E-state index contributed by atoms with van der Waals surface area (Å²) in [6, 6.07) is 7.43. The van der Waals surface area contributed by atoms with Gasteiger partial charge in [0.25, 0.3) is 0 Å². The highest BCUT2D eigenvalue weighted by Crippen LogP contribution is 2.26. The summed E-state index contributed by atoms with van der Waals surface area (Å²) in [6.45, 7) is 5.87. The number of H-pyrrole nitrogens is 1. The normalized spacial score (nSPS) is 12.7. The summed E-state index contributed by atoms with van der Waals surface area (Å²) in [7, 11) is 0. The predicted molar refractivity (Wildman–Crippen MR) is 97.7 cm³/mol. The van der Waals surface area contributed by atoms with E-state index in [2.05, 4.69) is 20.4 Å². The molecule has 1 atom stereocenters. The van der Waals surface area contributed by atoms with Crippen molar-refractivity contribution in [1.82, 2.24) is 19.7 Å². The molecule has 0 saturated heterocycles. The molecule has 2 heterocycles. The minimum absolute atomic E-state index is 0.0964. The van der Waals surface area contributed by atoms with Crippen molar-refractivity contribution in [2.24, 2.45) is 0 Å². The number of fused-ring (bicyclic) bond motifs is 1. The molecule has 2 N–H and O–H groups in total. The largest absolute Gasteiger partial charge is 0.333 e. The summed E-state index contributed by atoms with van der Waals surface area (Å²) in [5.74, 6) is 0.597. The van der Waals surface area contributed by atoms with Crippen LogP contribution in [0, 0.1) is 0 Å². The van der Waals surface area contributed by atoms with E-state index in [-0.39, 0.29) is 17.2 Å². The van der Waals surface area contributed by atoms with Crippen molar-refractivity contribution in [1.29, 1.82) is 0 Å². The van der Waals surface area contributed by atoms with Gasteiger partial charge in [0.05, 0.1) is 22.5 Å². The van der Waals surface area contributed by atoms with E-state index in [1.54, 1.807) is 23.0 Å². The fourth-order valence-corrected chi connectivity index (χ4v) is 3.28. The number of hydrogen-bond donors (Lipinski definition) is 2. The highest BCUT2D eigenvalue weighted by atomic mass is 35.5. The second-order valence-corrected chi connectivity index (χ2v) is 7.47. The topological polar surface area (TPSA) is 75.6 Å². The van der Waals surface area contributed by atoms with Gasteiger partial charge in [0.1, 0.15) is 5.82 Å². The molecule has 24 heavy (non-hydrogen) atoms. The first-order chi connectivity index (χ1) is 11.4. The maximum absolute atomic E-state index is 12.4. The van der Waals surface area contributed by atoms with E-state index in [0.29, 0.717) is 16.0 Å². The van der Waals surface area contributed by atoms with Crippen molar-refractivity contribution < 1.29 is 4.79 Å². The van der Waals surface area contributed by atoms with Crippen LogP contribution in [0.3, 0.4) is 0 Å². The second kappa shape index (κ2) is 6.86. The van der Waals surface area contributed by atoms with Crippen molar-refractivity contribution in [3.8, 4) is 0 Å². The summed E-state index contributed by atoms with van der Waals surface area (Å²) in [4.78, 5) is 20.1. The standard InChI is InChI=1S/C16H18ClN5OS/c1-9(2)22-14(6-7-18-22)21-15(23)10(3)24-16-19-12-5-4-11(17)8-13(12)20-16/h4-10H,1-3H3,(H,19,20)(H,21,23)/t10-/m1/s1. The maximum Gasteiger partial charge on any atom is 0.238 e. The molecule has 3 rings (SSSR count). The molecule has 1 amide bonds. The lowest BCUT2D eigenvalue weighted by atomic mass is 10.3. The van der Waals surface area contributed by atoms with Gasteiger partial charge >= 0.3 is 0 Å². The number of rotatable bonds is 5. The number of carbonyl (C=O) groups is 1. The average Bonchev–Trinajstić information content (AvgIpc) is 3.12. The number of nitrogens with zero attached hydrogens (tertiary/aromatic N) is 3. The maximum atomic E-state index is 12.4. The van der Waals surface area contributed by atoms with Gasteiger partial charge < -0.3 is 10.3 Å². The van der Waals surface area contributed by atoms with E-state index in [0.717, 1.165) is 11.0 Å². The molecule has 3 aromatic rings. The third kappa shape index (κ3) is 3.57. The molecule has 0 aliphatic carbocycles. The van der Waals surface area contributed by atoms with Crippen molar-refractivity contribution in [2.45, 2.75) is 37.2 Å². The average molecular weight is 364 g/mol. The highest BCUT2D eigenvalue weighted by Gasteiger charge is 2.18. The number of amides is 1. The molecule has 0 bridgehead atoms.